The van der Waals surface area contributed by atoms with Gasteiger partial charge in [-0.05, 0) is 43.7 Å². The van der Waals surface area contributed by atoms with Gasteiger partial charge in [0.2, 0.25) is 5.91 Å². The van der Waals surface area contributed by atoms with Crippen LogP contribution in [0.1, 0.15) is 44.3 Å². The van der Waals surface area contributed by atoms with E-state index in [1.807, 2.05) is 4.90 Å². The van der Waals surface area contributed by atoms with Gasteiger partial charge >= 0.3 is 0 Å². The van der Waals surface area contributed by atoms with E-state index in [1.54, 1.807) is 18.3 Å². The predicted octanol–water partition coefficient (Wildman–Crippen LogP) is 2.03. The molecule has 1 aliphatic heterocycles. The third-order valence-electron chi connectivity index (χ3n) is 4.95. The average molecular weight is 342 g/mol. The van der Waals surface area contributed by atoms with Crippen molar-refractivity contribution < 1.29 is 9.32 Å². The molecule has 0 spiro atoms. The summed E-state index contributed by atoms with van der Waals surface area (Å²) >= 11 is 0. The minimum atomic E-state index is -0.271. The smallest absolute Gasteiger partial charge is 0.263 e. The topological polar surface area (TPSA) is 81.2 Å². The second-order valence-corrected chi connectivity index (χ2v) is 7.17. The summed E-state index contributed by atoms with van der Waals surface area (Å²) < 4.78 is 6.68. The van der Waals surface area contributed by atoms with E-state index in [2.05, 4.69) is 17.1 Å². The molecule has 7 heteroatoms. The fraction of sp³-hybridized carbons (Fsp3) is 0.556. The molecule has 3 heterocycles. The lowest BCUT2D eigenvalue weighted by Crippen LogP contribution is -2.42. The maximum Gasteiger partial charge on any atom is 0.263 e. The number of aromatic nitrogens is 3. The molecule has 25 heavy (non-hydrogen) atoms. The number of piperidine rings is 1. The Kier molecular flexibility index (Phi) is 4.15. The van der Waals surface area contributed by atoms with E-state index >= 15 is 0 Å². The van der Waals surface area contributed by atoms with Crippen molar-refractivity contribution in [3.8, 4) is 11.5 Å². The van der Waals surface area contributed by atoms with Gasteiger partial charge < -0.3 is 14.0 Å². The standard InChI is InChI=1S/C18H22N4O3/c1-12-4-2-8-21(10-12)15(23)11-22-9-3-5-14(18(22)24)17-19-16(20-25-17)13-6-7-13/h3,5,9,12-13H,2,4,6-8,10-11H2,1H3/t12-/m1/s1. The highest BCUT2D eigenvalue weighted by Gasteiger charge is 2.29. The van der Waals surface area contributed by atoms with Gasteiger partial charge in [0.1, 0.15) is 12.1 Å². The molecule has 0 aromatic carbocycles. The van der Waals surface area contributed by atoms with Crippen molar-refractivity contribution in [3.63, 3.8) is 0 Å². The van der Waals surface area contributed by atoms with Crippen LogP contribution in [0.25, 0.3) is 11.5 Å². The Balaban J connectivity index is 1.54. The van der Waals surface area contributed by atoms with E-state index < -0.39 is 0 Å². The van der Waals surface area contributed by atoms with Crippen LogP contribution < -0.4 is 5.56 Å². The molecule has 1 saturated carbocycles. The molecule has 0 bridgehead atoms. The molecule has 4 rings (SSSR count). The maximum absolute atomic E-state index is 12.7. The second-order valence-electron chi connectivity index (χ2n) is 7.17. The summed E-state index contributed by atoms with van der Waals surface area (Å²) in [6.45, 7) is 3.73. The molecule has 2 aliphatic rings. The van der Waals surface area contributed by atoms with Crippen molar-refractivity contribution in [2.24, 2.45) is 5.92 Å². The first-order valence-corrected chi connectivity index (χ1v) is 8.93. The second kappa shape index (κ2) is 6.46. The Hall–Kier alpha value is -2.44. The van der Waals surface area contributed by atoms with Crippen LogP contribution >= 0.6 is 0 Å². The molecule has 1 saturated heterocycles. The summed E-state index contributed by atoms with van der Waals surface area (Å²) in [4.78, 5) is 31.4. The third kappa shape index (κ3) is 3.36. The third-order valence-corrected chi connectivity index (χ3v) is 4.95. The van der Waals surface area contributed by atoms with Gasteiger partial charge in [0.15, 0.2) is 5.82 Å². The van der Waals surface area contributed by atoms with Crippen LogP contribution in [0.2, 0.25) is 0 Å². The van der Waals surface area contributed by atoms with E-state index in [1.165, 1.54) is 4.57 Å². The molecule has 0 radical (unpaired) electrons. The number of pyridine rings is 1. The van der Waals surface area contributed by atoms with Crippen LogP contribution in [0.3, 0.4) is 0 Å². The van der Waals surface area contributed by atoms with Crippen LogP contribution in [-0.2, 0) is 11.3 Å². The highest BCUT2D eigenvalue weighted by atomic mass is 16.5. The summed E-state index contributed by atoms with van der Waals surface area (Å²) in [7, 11) is 0. The van der Waals surface area contributed by atoms with Gasteiger partial charge in [-0.25, -0.2) is 0 Å². The van der Waals surface area contributed by atoms with Gasteiger partial charge in [-0.2, -0.15) is 4.98 Å². The molecule has 1 atom stereocenters. The van der Waals surface area contributed by atoms with Crippen LogP contribution in [0.5, 0.6) is 0 Å². The highest BCUT2D eigenvalue weighted by Crippen LogP contribution is 2.38. The molecule has 2 fully saturated rings. The lowest BCUT2D eigenvalue weighted by molar-refractivity contribution is -0.133. The number of rotatable bonds is 4. The van der Waals surface area contributed by atoms with E-state index in [-0.39, 0.29) is 23.9 Å². The van der Waals surface area contributed by atoms with Crippen molar-refractivity contribution in [1.82, 2.24) is 19.6 Å². The first-order chi connectivity index (χ1) is 12.1. The zero-order chi connectivity index (χ0) is 17.4. The van der Waals surface area contributed by atoms with E-state index in [0.29, 0.717) is 23.2 Å². The number of amides is 1. The first kappa shape index (κ1) is 16.1. The molecular weight excluding hydrogens is 320 g/mol. The SMILES string of the molecule is C[C@@H]1CCCN(C(=O)Cn2cccc(-c3nc(C4CC4)no3)c2=O)C1. The summed E-state index contributed by atoms with van der Waals surface area (Å²) in [6, 6.07) is 3.40. The zero-order valence-electron chi connectivity index (χ0n) is 14.4. The van der Waals surface area contributed by atoms with Crippen molar-refractivity contribution >= 4 is 5.91 Å². The summed E-state index contributed by atoms with van der Waals surface area (Å²) in [6.07, 6.45) is 5.95. The molecule has 0 unspecified atom stereocenters. The van der Waals surface area contributed by atoms with E-state index in [9.17, 15) is 9.59 Å². The van der Waals surface area contributed by atoms with Crippen molar-refractivity contribution in [2.75, 3.05) is 13.1 Å². The molecule has 2 aromatic rings. The number of likely N-dealkylation sites (tertiary alicyclic amines) is 1. The Morgan fingerprint density at radius 3 is 2.96 bits per heavy atom. The van der Waals surface area contributed by atoms with Gasteiger partial charge in [0, 0.05) is 25.2 Å². The first-order valence-electron chi connectivity index (χ1n) is 8.93. The number of carbonyl (C=O) groups excluding carboxylic acids is 1. The van der Waals surface area contributed by atoms with Crippen molar-refractivity contribution in [3.05, 3.63) is 34.5 Å². The minimum absolute atomic E-state index is 0.0185. The summed E-state index contributed by atoms with van der Waals surface area (Å²) in [5, 5.41) is 3.96. The lowest BCUT2D eigenvalue weighted by atomic mass is 10.0. The minimum Gasteiger partial charge on any atom is -0.341 e. The largest absolute Gasteiger partial charge is 0.341 e. The predicted molar refractivity (Wildman–Crippen MR) is 90.9 cm³/mol. The Bertz CT molecular complexity index is 837. The van der Waals surface area contributed by atoms with Crippen LogP contribution in [0.4, 0.5) is 0 Å². The highest BCUT2D eigenvalue weighted by molar-refractivity contribution is 5.76. The van der Waals surface area contributed by atoms with E-state index in [0.717, 1.165) is 38.8 Å². The summed E-state index contributed by atoms with van der Waals surface area (Å²) in [5.74, 6) is 1.77. The lowest BCUT2D eigenvalue weighted by Gasteiger charge is -2.31. The van der Waals surface area contributed by atoms with Gasteiger partial charge in [-0.15, -0.1) is 0 Å². The van der Waals surface area contributed by atoms with Gasteiger partial charge in [-0.3, -0.25) is 9.59 Å². The fourth-order valence-electron chi connectivity index (χ4n) is 3.34. The van der Waals surface area contributed by atoms with Crippen LogP contribution in [-0.4, -0.2) is 38.6 Å². The number of hydrogen-bond acceptors (Lipinski definition) is 5. The number of nitrogens with zero attached hydrogens (tertiary/aromatic N) is 4. The molecule has 132 valence electrons. The number of hydrogen-bond donors (Lipinski definition) is 0. The number of carbonyl (C=O) groups is 1. The Morgan fingerprint density at radius 2 is 2.20 bits per heavy atom. The quantitative estimate of drug-likeness (QED) is 0.849. The normalized spacial score (nSPS) is 20.7. The fourth-order valence-corrected chi connectivity index (χ4v) is 3.34. The van der Waals surface area contributed by atoms with Gasteiger partial charge in [0.05, 0.1) is 0 Å². The summed E-state index contributed by atoms with van der Waals surface area (Å²) in [5.41, 5.74) is 0.0774. The van der Waals surface area contributed by atoms with Crippen LogP contribution in [0, 0.1) is 5.92 Å². The zero-order valence-corrected chi connectivity index (χ0v) is 14.4. The Labute approximate surface area is 145 Å². The molecule has 2 aromatic heterocycles. The van der Waals surface area contributed by atoms with Crippen molar-refractivity contribution in [2.45, 2.75) is 45.1 Å². The molecule has 0 N–H and O–H groups in total. The average Bonchev–Trinajstić information content (AvgIpc) is 3.34. The monoisotopic (exact) mass is 342 g/mol. The van der Waals surface area contributed by atoms with Crippen LogP contribution in [0.15, 0.2) is 27.6 Å². The molecule has 1 amide bonds. The maximum atomic E-state index is 12.7. The van der Waals surface area contributed by atoms with Gasteiger partial charge in [-0.1, -0.05) is 12.1 Å². The van der Waals surface area contributed by atoms with Gasteiger partial charge in [0.25, 0.3) is 11.4 Å². The Morgan fingerprint density at radius 1 is 1.36 bits per heavy atom. The molecule has 7 nitrogen and oxygen atoms in total. The van der Waals surface area contributed by atoms with E-state index in [4.69, 9.17) is 4.52 Å². The van der Waals surface area contributed by atoms with Crippen molar-refractivity contribution in [1.29, 1.82) is 0 Å². The molecule has 1 aliphatic carbocycles. The molecular formula is C18H22N4O3.